The van der Waals surface area contributed by atoms with Gasteiger partial charge < -0.3 is 10.1 Å². The molecular formula is C22H28ClN3O2. The number of carbonyl (C=O) groups excluding carboxylic acids is 1. The van der Waals surface area contributed by atoms with Gasteiger partial charge in [0.15, 0.2) is 0 Å². The Hall–Kier alpha value is -2.11. The Balaban J connectivity index is 1.52. The average molecular weight is 402 g/mol. The highest BCUT2D eigenvalue weighted by molar-refractivity contribution is 6.30. The second kappa shape index (κ2) is 9.89. The Bertz CT molecular complexity index is 785. The summed E-state index contributed by atoms with van der Waals surface area (Å²) in [6, 6.07) is 9.81. The quantitative estimate of drug-likeness (QED) is 0.765. The SMILES string of the molecule is CCC1CN(CCC(=O)NC(C)Cc2cccnc2)Cc2ccc(Cl)cc2O1. The van der Waals surface area contributed by atoms with Crippen molar-refractivity contribution >= 4 is 17.5 Å². The molecule has 0 saturated carbocycles. The van der Waals surface area contributed by atoms with Gasteiger partial charge in [0.25, 0.3) is 0 Å². The molecule has 2 aromatic rings. The van der Waals surface area contributed by atoms with Gasteiger partial charge in [0.05, 0.1) is 0 Å². The molecule has 0 bridgehead atoms. The van der Waals surface area contributed by atoms with E-state index in [2.05, 4.69) is 22.1 Å². The van der Waals surface area contributed by atoms with E-state index in [1.54, 1.807) is 6.20 Å². The number of benzene rings is 1. The number of nitrogens with one attached hydrogen (secondary N) is 1. The van der Waals surface area contributed by atoms with Crippen molar-refractivity contribution in [1.82, 2.24) is 15.2 Å². The van der Waals surface area contributed by atoms with Crippen molar-refractivity contribution in [2.75, 3.05) is 13.1 Å². The summed E-state index contributed by atoms with van der Waals surface area (Å²) in [4.78, 5) is 18.8. The van der Waals surface area contributed by atoms with Crippen LogP contribution in [0.2, 0.25) is 5.02 Å². The summed E-state index contributed by atoms with van der Waals surface area (Å²) in [6.07, 6.45) is 5.87. The lowest BCUT2D eigenvalue weighted by atomic mass is 10.1. The summed E-state index contributed by atoms with van der Waals surface area (Å²) in [6.45, 7) is 6.42. The topological polar surface area (TPSA) is 54.5 Å². The largest absolute Gasteiger partial charge is 0.489 e. The minimum atomic E-state index is 0.0749. The van der Waals surface area contributed by atoms with Crippen molar-refractivity contribution < 1.29 is 9.53 Å². The number of pyridine rings is 1. The van der Waals surface area contributed by atoms with Crippen LogP contribution in [0.4, 0.5) is 0 Å². The standard InChI is InChI=1S/C22H28ClN3O2/c1-3-20-15-26(14-18-6-7-19(23)12-21(18)28-20)10-8-22(27)25-16(2)11-17-5-4-9-24-13-17/h4-7,9,12-13,16,20H,3,8,10-11,14-15H2,1-2H3,(H,25,27). The van der Waals surface area contributed by atoms with Crippen LogP contribution in [-0.2, 0) is 17.8 Å². The highest BCUT2D eigenvalue weighted by Crippen LogP contribution is 2.29. The van der Waals surface area contributed by atoms with Crippen LogP contribution in [-0.4, -0.2) is 41.0 Å². The van der Waals surface area contributed by atoms with Gasteiger partial charge in [-0.1, -0.05) is 30.7 Å². The molecule has 1 aromatic heterocycles. The third-order valence-electron chi connectivity index (χ3n) is 4.96. The molecule has 2 heterocycles. The summed E-state index contributed by atoms with van der Waals surface area (Å²) in [5.74, 6) is 0.933. The predicted molar refractivity (Wildman–Crippen MR) is 112 cm³/mol. The van der Waals surface area contributed by atoms with Crippen LogP contribution in [0.15, 0.2) is 42.7 Å². The molecular weight excluding hydrogens is 374 g/mol. The number of amides is 1. The molecule has 2 atom stereocenters. The Morgan fingerprint density at radius 3 is 3.04 bits per heavy atom. The van der Waals surface area contributed by atoms with Gasteiger partial charge >= 0.3 is 0 Å². The molecule has 6 heteroatoms. The molecule has 0 fully saturated rings. The van der Waals surface area contributed by atoms with E-state index in [-0.39, 0.29) is 18.1 Å². The summed E-state index contributed by atoms with van der Waals surface area (Å²) in [7, 11) is 0. The lowest BCUT2D eigenvalue weighted by Crippen LogP contribution is -2.38. The zero-order valence-electron chi connectivity index (χ0n) is 16.5. The van der Waals surface area contributed by atoms with Gasteiger partial charge in [0.1, 0.15) is 11.9 Å². The third kappa shape index (κ3) is 5.94. The van der Waals surface area contributed by atoms with Crippen molar-refractivity contribution in [3.05, 3.63) is 58.9 Å². The first-order chi connectivity index (χ1) is 13.5. The van der Waals surface area contributed by atoms with Crippen molar-refractivity contribution in [2.45, 2.75) is 51.8 Å². The van der Waals surface area contributed by atoms with Crippen molar-refractivity contribution in [1.29, 1.82) is 0 Å². The lowest BCUT2D eigenvalue weighted by molar-refractivity contribution is -0.122. The number of hydrogen-bond acceptors (Lipinski definition) is 4. The zero-order valence-corrected chi connectivity index (χ0v) is 17.3. The summed E-state index contributed by atoms with van der Waals surface area (Å²) in [5.41, 5.74) is 2.24. The highest BCUT2D eigenvalue weighted by atomic mass is 35.5. The Kier molecular flexibility index (Phi) is 7.29. The van der Waals surface area contributed by atoms with E-state index in [1.165, 1.54) is 0 Å². The molecule has 0 saturated heterocycles. The number of aromatic nitrogens is 1. The third-order valence-corrected chi connectivity index (χ3v) is 5.20. The molecule has 0 radical (unpaired) electrons. The molecule has 3 rings (SSSR count). The molecule has 150 valence electrons. The zero-order chi connectivity index (χ0) is 19.9. The molecule has 0 aliphatic carbocycles. The first kappa shape index (κ1) is 20.6. The van der Waals surface area contributed by atoms with Crippen molar-refractivity contribution in [3.8, 4) is 5.75 Å². The van der Waals surface area contributed by atoms with Gasteiger partial charge in [0.2, 0.25) is 5.91 Å². The Morgan fingerprint density at radius 2 is 2.29 bits per heavy atom. The molecule has 28 heavy (non-hydrogen) atoms. The van der Waals surface area contributed by atoms with E-state index in [9.17, 15) is 4.79 Å². The maximum absolute atomic E-state index is 12.4. The average Bonchev–Trinajstić information content (AvgIpc) is 2.85. The highest BCUT2D eigenvalue weighted by Gasteiger charge is 2.22. The molecule has 1 N–H and O–H groups in total. The second-order valence-corrected chi connectivity index (χ2v) is 7.86. The summed E-state index contributed by atoms with van der Waals surface area (Å²) < 4.78 is 6.12. The van der Waals surface area contributed by atoms with Crippen LogP contribution in [0.3, 0.4) is 0 Å². The summed E-state index contributed by atoms with van der Waals surface area (Å²) >= 11 is 6.12. The second-order valence-electron chi connectivity index (χ2n) is 7.42. The maximum Gasteiger partial charge on any atom is 0.221 e. The van der Waals surface area contributed by atoms with Gasteiger partial charge in [-0.3, -0.25) is 14.7 Å². The fourth-order valence-electron chi connectivity index (χ4n) is 3.49. The molecule has 1 aliphatic heterocycles. The number of ether oxygens (including phenoxy) is 1. The normalized spacial score (nSPS) is 17.9. The Morgan fingerprint density at radius 1 is 1.43 bits per heavy atom. The van der Waals surface area contributed by atoms with Gasteiger partial charge in [-0.25, -0.2) is 0 Å². The predicted octanol–water partition coefficient (Wildman–Crippen LogP) is 3.85. The van der Waals surface area contributed by atoms with E-state index in [4.69, 9.17) is 16.3 Å². The van der Waals surface area contributed by atoms with Crippen molar-refractivity contribution in [2.24, 2.45) is 0 Å². The van der Waals surface area contributed by atoms with Crippen LogP contribution in [0.5, 0.6) is 5.75 Å². The van der Waals surface area contributed by atoms with E-state index in [0.29, 0.717) is 18.0 Å². The fourth-order valence-corrected chi connectivity index (χ4v) is 3.65. The molecule has 1 amide bonds. The molecule has 0 spiro atoms. The van der Waals surface area contributed by atoms with Crippen LogP contribution >= 0.6 is 11.6 Å². The number of rotatable bonds is 7. The minimum Gasteiger partial charge on any atom is -0.489 e. The molecule has 1 aromatic carbocycles. The number of hydrogen-bond donors (Lipinski definition) is 1. The Labute approximate surface area is 172 Å². The van der Waals surface area contributed by atoms with Crippen LogP contribution in [0.25, 0.3) is 0 Å². The monoisotopic (exact) mass is 401 g/mol. The smallest absolute Gasteiger partial charge is 0.221 e. The van der Waals surface area contributed by atoms with Crippen LogP contribution in [0, 0.1) is 0 Å². The lowest BCUT2D eigenvalue weighted by Gasteiger charge is -2.23. The van der Waals surface area contributed by atoms with E-state index in [1.807, 2.05) is 43.5 Å². The molecule has 2 unspecified atom stereocenters. The van der Waals surface area contributed by atoms with Gasteiger partial charge in [-0.15, -0.1) is 0 Å². The fraction of sp³-hybridized carbons (Fsp3) is 0.455. The summed E-state index contributed by atoms with van der Waals surface area (Å²) in [5, 5.41) is 3.78. The maximum atomic E-state index is 12.4. The van der Waals surface area contributed by atoms with Crippen LogP contribution < -0.4 is 10.1 Å². The minimum absolute atomic E-state index is 0.0749. The first-order valence-corrected chi connectivity index (χ1v) is 10.3. The van der Waals surface area contributed by atoms with Gasteiger partial charge in [-0.2, -0.15) is 0 Å². The molecule has 1 aliphatic rings. The van der Waals surface area contributed by atoms with E-state index in [0.717, 1.165) is 42.8 Å². The first-order valence-electron chi connectivity index (χ1n) is 9.89. The van der Waals surface area contributed by atoms with E-state index < -0.39 is 0 Å². The number of halogens is 1. The number of nitrogens with zero attached hydrogens (tertiary/aromatic N) is 2. The van der Waals surface area contributed by atoms with Crippen LogP contribution in [0.1, 0.15) is 37.8 Å². The van der Waals surface area contributed by atoms with Gasteiger partial charge in [-0.05, 0) is 43.5 Å². The number of fused-ring (bicyclic) bond motifs is 1. The van der Waals surface area contributed by atoms with Gasteiger partial charge in [0, 0.05) is 55.1 Å². The molecule has 5 nitrogen and oxygen atoms in total. The van der Waals surface area contributed by atoms with Crippen molar-refractivity contribution in [3.63, 3.8) is 0 Å². The number of carbonyl (C=O) groups is 1. The van der Waals surface area contributed by atoms with E-state index >= 15 is 0 Å².